The van der Waals surface area contributed by atoms with E-state index in [4.69, 9.17) is 5.73 Å². The minimum Gasteiger partial charge on any atom is -0.320 e. The Kier molecular flexibility index (Phi) is 3.51. The molecule has 1 aromatic rings. The van der Waals surface area contributed by atoms with Crippen LogP contribution in [-0.2, 0) is 4.79 Å². The SMILES string of the molecule is C[C@@H](c1ccccc1)[C@@H](N)C(=O)S. The number of rotatable bonds is 3. The number of hydrogen-bond acceptors (Lipinski definition) is 2. The van der Waals surface area contributed by atoms with Gasteiger partial charge in [-0.3, -0.25) is 4.79 Å². The Morgan fingerprint density at radius 3 is 2.38 bits per heavy atom. The summed E-state index contributed by atoms with van der Waals surface area (Å²) < 4.78 is 0. The summed E-state index contributed by atoms with van der Waals surface area (Å²) in [6.45, 7) is 1.92. The van der Waals surface area contributed by atoms with E-state index in [0.29, 0.717) is 0 Å². The third-order valence-corrected chi connectivity index (χ3v) is 2.45. The number of hydrogen-bond donors (Lipinski definition) is 2. The molecule has 0 aliphatic carbocycles. The Hall–Kier alpha value is -0.800. The lowest BCUT2D eigenvalue weighted by Gasteiger charge is -2.16. The molecule has 0 radical (unpaired) electrons. The lowest BCUT2D eigenvalue weighted by atomic mass is 9.95. The molecular formula is C10H13NOS. The van der Waals surface area contributed by atoms with E-state index in [0.717, 1.165) is 5.56 Å². The Morgan fingerprint density at radius 2 is 1.92 bits per heavy atom. The predicted molar refractivity (Wildman–Crippen MR) is 56.8 cm³/mol. The Balaban J connectivity index is 2.79. The molecule has 0 saturated heterocycles. The van der Waals surface area contributed by atoms with E-state index in [1.165, 1.54) is 0 Å². The van der Waals surface area contributed by atoms with Gasteiger partial charge in [-0.05, 0) is 5.56 Å². The zero-order valence-electron chi connectivity index (χ0n) is 7.47. The van der Waals surface area contributed by atoms with Crippen LogP contribution in [0.2, 0.25) is 0 Å². The van der Waals surface area contributed by atoms with Crippen molar-refractivity contribution in [2.45, 2.75) is 18.9 Å². The molecule has 70 valence electrons. The van der Waals surface area contributed by atoms with E-state index in [-0.39, 0.29) is 11.0 Å². The highest BCUT2D eigenvalue weighted by molar-refractivity contribution is 7.96. The normalized spacial score (nSPS) is 15.0. The van der Waals surface area contributed by atoms with Crippen molar-refractivity contribution in [1.29, 1.82) is 0 Å². The van der Waals surface area contributed by atoms with Gasteiger partial charge in [-0.15, -0.1) is 12.6 Å². The number of carbonyl (C=O) groups excluding carboxylic acids is 1. The minimum atomic E-state index is -0.522. The Morgan fingerprint density at radius 1 is 1.38 bits per heavy atom. The van der Waals surface area contributed by atoms with Gasteiger partial charge in [-0.2, -0.15) is 0 Å². The second-order valence-corrected chi connectivity index (χ2v) is 3.50. The summed E-state index contributed by atoms with van der Waals surface area (Å²) in [7, 11) is 0. The summed E-state index contributed by atoms with van der Waals surface area (Å²) >= 11 is 3.72. The van der Waals surface area contributed by atoms with Crippen LogP contribution in [0.1, 0.15) is 18.4 Å². The number of nitrogens with two attached hydrogens (primary N) is 1. The molecule has 1 aromatic carbocycles. The first-order valence-corrected chi connectivity index (χ1v) is 4.61. The molecule has 0 heterocycles. The molecule has 0 spiro atoms. The third kappa shape index (κ3) is 2.57. The molecule has 0 bridgehead atoms. The molecule has 0 saturated carbocycles. The molecule has 2 nitrogen and oxygen atoms in total. The second-order valence-electron chi connectivity index (χ2n) is 3.06. The standard InChI is InChI=1S/C10H13NOS/c1-7(9(11)10(12)13)8-5-3-2-4-6-8/h2-7,9H,11H2,1H3,(H,12,13)/t7-,9+/m0/s1. The van der Waals surface area contributed by atoms with Gasteiger partial charge in [0.1, 0.15) is 0 Å². The van der Waals surface area contributed by atoms with Crippen LogP contribution in [0.3, 0.4) is 0 Å². The third-order valence-electron chi connectivity index (χ3n) is 2.15. The van der Waals surface area contributed by atoms with Gasteiger partial charge in [0.25, 0.3) is 0 Å². The maximum atomic E-state index is 10.9. The minimum absolute atomic E-state index is 0.0196. The predicted octanol–water partition coefficient (Wildman–Crippen LogP) is 1.57. The van der Waals surface area contributed by atoms with Gasteiger partial charge in [0.2, 0.25) is 5.12 Å². The van der Waals surface area contributed by atoms with E-state index >= 15 is 0 Å². The van der Waals surface area contributed by atoms with E-state index in [1.807, 2.05) is 37.3 Å². The monoisotopic (exact) mass is 195 g/mol. The molecule has 3 heteroatoms. The Bertz CT molecular complexity index is 286. The fourth-order valence-corrected chi connectivity index (χ4v) is 1.40. The first kappa shape index (κ1) is 10.3. The number of thiol groups is 1. The van der Waals surface area contributed by atoms with Gasteiger partial charge in [-0.1, -0.05) is 37.3 Å². The van der Waals surface area contributed by atoms with E-state index in [9.17, 15) is 4.79 Å². The maximum Gasteiger partial charge on any atom is 0.203 e. The zero-order valence-corrected chi connectivity index (χ0v) is 8.37. The molecular weight excluding hydrogens is 182 g/mol. The summed E-state index contributed by atoms with van der Waals surface area (Å²) in [6, 6.07) is 9.20. The van der Waals surface area contributed by atoms with Gasteiger partial charge in [0, 0.05) is 5.92 Å². The van der Waals surface area contributed by atoms with Gasteiger partial charge in [0.15, 0.2) is 0 Å². The number of carbonyl (C=O) groups is 1. The lowest BCUT2D eigenvalue weighted by molar-refractivity contribution is -0.112. The zero-order chi connectivity index (χ0) is 9.84. The van der Waals surface area contributed by atoms with Crippen molar-refractivity contribution in [2.75, 3.05) is 0 Å². The maximum absolute atomic E-state index is 10.9. The van der Waals surface area contributed by atoms with Crippen molar-refractivity contribution in [2.24, 2.45) is 5.73 Å². The van der Waals surface area contributed by atoms with Crippen molar-refractivity contribution in [3.8, 4) is 0 Å². The molecule has 1 rings (SSSR count). The smallest absolute Gasteiger partial charge is 0.203 e. The van der Waals surface area contributed by atoms with Crippen LogP contribution >= 0.6 is 12.6 Å². The first-order valence-electron chi connectivity index (χ1n) is 4.16. The average molecular weight is 195 g/mol. The molecule has 0 aromatic heterocycles. The largest absolute Gasteiger partial charge is 0.320 e. The second kappa shape index (κ2) is 4.44. The van der Waals surface area contributed by atoms with Crippen molar-refractivity contribution < 1.29 is 4.79 Å². The van der Waals surface area contributed by atoms with E-state index in [2.05, 4.69) is 12.6 Å². The average Bonchev–Trinajstić information content (AvgIpc) is 2.17. The van der Waals surface area contributed by atoms with Gasteiger partial charge < -0.3 is 5.73 Å². The van der Waals surface area contributed by atoms with E-state index in [1.54, 1.807) is 0 Å². The van der Waals surface area contributed by atoms with Crippen molar-refractivity contribution in [3.05, 3.63) is 35.9 Å². The first-order chi connectivity index (χ1) is 6.13. The molecule has 13 heavy (non-hydrogen) atoms. The van der Waals surface area contributed by atoms with Crippen LogP contribution in [0.25, 0.3) is 0 Å². The van der Waals surface area contributed by atoms with Crippen LogP contribution < -0.4 is 5.73 Å². The molecule has 0 amide bonds. The highest BCUT2D eigenvalue weighted by Crippen LogP contribution is 2.18. The number of benzene rings is 1. The molecule has 2 N–H and O–H groups in total. The molecule has 0 fully saturated rings. The topological polar surface area (TPSA) is 43.1 Å². The summed E-state index contributed by atoms with van der Waals surface area (Å²) in [6.07, 6.45) is 0. The van der Waals surface area contributed by atoms with Crippen LogP contribution in [0.15, 0.2) is 30.3 Å². The highest BCUT2D eigenvalue weighted by Gasteiger charge is 2.18. The van der Waals surface area contributed by atoms with E-state index < -0.39 is 6.04 Å². The fraction of sp³-hybridized carbons (Fsp3) is 0.300. The molecule has 0 aliphatic heterocycles. The summed E-state index contributed by atoms with van der Waals surface area (Å²) in [5.41, 5.74) is 6.73. The molecule has 0 aliphatic rings. The van der Waals surface area contributed by atoms with Crippen molar-refractivity contribution in [3.63, 3.8) is 0 Å². The van der Waals surface area contributed by atoms with Gasteiger partial charge in [-0.25, -0.2) is 0 Å². The molecule has 0 unspecified atom stereocenters. The van der Waals surface area contributed by atoms with Gasteiger partial charge >= 0.3 is 0 Å². The van der Waals surface area contributed by atoms with Crippen LogP contribution in [0.4, 0.5) is 0 Å². The van der Waals surface area contributed by atoms with Crippen molar-refractivity contribution in [1.82, 2.24) is 0 Å². The van der Waals surface area contributed by atoms with Crippen LogP contribution in [0.5, 0.6) is 0 Å². The lowest BCUT2D eigenvalue weighted by Crippen LogP contribution is -2.32. The summed E-state index contributed by atoms with van der Waals surface area (Å²) in [5, 5.41) is -0.267. The summed E-state index contributed by atoms with van der Waals surface area (Å²) in [5.74, 6) is 0.0196. The molecule has 2 atom stereocenters. The summed E-state index contributed by atoms with van der Waals surface area (Å²) in [4.78, 5) is 10.9. The van der Waals surface area contributed by atoms with Crippen LogP contribution in [-0.4, -0.2) is 11.2 Å². The van der Waals surface area contributed by atoms with Crippen LogP contribution in [0, 0.1) is 0 Å². The Labute approximate surface area is 83.5 Å². The quantitative estimate of drug-likeness (QED) is 0.719. The highest BCUT2D eigenvalue weighted by atomic mass is 32.1. The fourth-order valence-electron chi connectivity index (χ4n) is 1.18. The van der Waals surface area contributed by atoms with Gasteiger partial charge in [0.05, 0.1) is 6.04 Å². The van der Waals surface area contributed by atoms with Crippen molar-refractivity contribution >= 4 is 17.7 Å².